The van der Waals surface area contributed by atoms with Crippen molar-refractivity contribution in [1.82, 2.24) is 15.5 Å². The third kappa shape index (κ3) is 4.95. The summed E-state index contributed by atoms with van der Waals surface area (Å²) in [5.74, 6) is 0.693. The van der Waals surface area contributed by atoms with E-state index in [0.717, 1.165) is 12.2 Å². The molecule has 1 aromatic heterocycles. The van der Waals surface area contributed by atoms with Crippen LogP contribution in [-0.2, 0) is 6.54 Å². The molecule has 0 fully saturated rings. The van der Waals surface area contributed by atoms with E-state index in [1.54, 1.807) is 12.1 Å². The second-order valence-corrected chi connectivity index (χ2v) is 5.47. The maximum absolute atomic E-state index is 13.3. The number of rotatable bonds is 6. The predicted octanol–water partition coefficient (Wildman–Crippen LogP) is 3.81. The van der Waals surface area contributed by atoms with E-state index in [-0.39, 0.29) is 5.02 Å². The number of nitrogens with one attached hydrogen (secondary N) is 1. The SMILES string of the molecule is CC(C)CNCc1ccc(Oc2ccc(Cl)c(F)c2)nn1. The molecule has 1 aromatic carbocycles. The molecule has 0 aliphatic rings. The van der Waals surface area contributed by atoms with E-state index in [0.29, 0.717) is 24.1 Å². The Morgan fingerprint density at radius 3 is 2.67 bits per heavy atom. The van der Waals surface area contributed by atoms with E-state index in [2.05, 4.69) is 29.4 Å². The maximum atomic E-state index is 13.3. The number of hydrogen-bond donors (Lipinski definition) is 1. The summed E-state index contributed by atoms with van der Waals surface area (Å²) in [6.07, 6.45) is 0. The molecule has 0 aliphatic heterocycles. The minimum Gasteiger partial charge on any atom is -0.437 e. The summed E-state index contributed by atoms with van der Waals surface area (Å²) in [5.41, 5.74) is 0.824. The highest BCUT2D eigenvalue weighted by molar-refractivity contribution is 6.30. The first-order valence-electron chi connectivity index (χ1n) is 6.71. The van der Waals surface area contributed by atoms with Crippen LogP contribution >= 0.6 is 11.6 Å². The van der Waals surface area contributed by atoms with Crippen molar-refractivity contribution in [2.75, 3.05) is 6.54 Å². The molecule has 0 unspecified atom stereocenters. The van der Waals surface area contributed by atoms with Gasteiger partial charge in [0, 0.05) is 18.7 Å². The molecule has 0 amide bonds. The second-order valence-electron chi connectivity index (χ2n) is 5.07. The van der Waals surface area contributed by atoms with Gasteiger partial charge in [-0.2, -0.15) is 5.10 Å². The van der Waals surface area contributed by atoms with Gasteiger partial charge in [-0.15, -0.1) is 5.10 Å². The number of aromatic nitrogens is 2. The maximum Gasteiger partial charge on any atom is 0.238 e. The number of nitrogens with zero attached hydrogens (tertiary/aromatic N) is 2. The Hall–Kier alpha value is -1.72. The lowest BCUT2D eigenvalue weighted by molar-refractivity contribution is 0.448. The molecule has 0 radical (unpaired) electrons. The first-order valence-corrected chi connectivity index (χ1v) is 7.08. The van der Waals surface area contributed by atoms with Crippen LogP contribution in [0.3, 0.4) is 0 Å². The van der Waals surface area contributed by atoms with Gasteiger partial charge in [-0.1, -0.05) is 25.4 Å². The van der Waals surface area contributed by atoms with Crippen LogP contribution in [0.2, 0.25) is 5.02 Å². The molecule has 2 aromatic rings. The van der Waals surface area contributed by atoms with Crippen LogP contribution in [0.1, 0.15) is 19.5 Å². The fourth-order valence-corrected chi connectivity index (χ4v) is 1.76. The van der Waals surface area contributed by atoms with Crippen molar-refractivity contribution in [3.05, 3.63) is 46.9 Å². The van der Waals surface area contributed by atoms with E-state index < -0.39 is 5.82 Å². The summed E-state index contributed by atoms with van der Waals surface area (Å²) in [6, 6.07) is 7.74. The van der Waals surface area contributed by atoms with Crippen molar-refractivity contribution in [3.8, 4) is 11.6 Å². The molecule has 4 nitrogen and oxygen atoms in total. The predicted molar refractivity (Wildman–Crippen MR) is 80.1 cm³/mol. The molecule has 21 heavy (non-hydrogen) atoms. The van der Waals surface area contributed by atoms with Crippen molar-refractivity contribution in [2.45, 2.75) is 20.4 Å². The fraction of sp³-hybridized carbons (Fsp3) is 0.333. The van der Waals surface area contributed by atoms with Gasteiger partial charge < -0.3 is 10.1 Å². The van der Waals surface area contributed by atoms with Crippen molar-refractivity contribution >= 4 is 11.6 Å². The Morgan fingerprint density at radius 1 is 1.24 bits per heavy atom. The average Bonchev–Trinajstić information content (AvgIpc) is 2.44. The molecule has 0 aliphatic carbocycles. The lowest BCUT2D eigenvalue weighted by Crippen LogP contribution is -2.19. The zero-order valence-corrected chi connectivity index (χ0v) is 12.7. The number of hydrogen-bond acceptors (Lipinski definition) is 4. The van der Waals surface area contributed by atoms with Gasteiger partial charge in [-0.25, -0.2) is 4.39 Å². The van der Waals surface area contributed by atoms with Gasteiger partial charge in [0.05, 0.1) is 10.7 Å². The summed E-state index contributed by atoms with van der Waals surface area (Å²) in [6.45, 7) is 5.85. The Labute approximate surface area is 128 Å². The first kappa shape index (κ1) is 15.7. The molecule has 2 rings (SSSR count). The quantitative estimate of drug-likeness (QED) is 0.881. The second kappa shape index (κ2) is 7.33. The van der Waals surface area contributed by atoms with Gasteiger partial charge in [0.1, 0.15) is 11.6 Å². The Bertz CT molecular complexity index is 590. The van der Waals surface area contributed by atoms with Crippen molar-refractivity contribution in [3.63, 3.8) is 0 Å². The molecule has 0 saturated heterocycles. The number of halogens is 2. The minimum absolute atomic E-state index is 0.0556. The highest BCUT2D eigenvalue weighted by Crippen LogP contribution is 2.23. The fourth-order valence-electron chi connectivity index (χ4n) is 1.65. The van der Waals surface area contributed by atoms with Crippen LogP contribution in [0.4, 0.5) is 4.39 Å². The molecule has 1 heterocycles. The third-order valence-corrected chi connectivity index (χ3v) is 2.97. The number of benzene rings is 1. The molecule has 0 bridgehead atoms. The summed E-state index contributed by atoms with van der Waals surface area (Å²) in [5, 5.41) is 11.3. The normalized spacial score (nSPS) is 10.9. The molecule has 112 valence electrons. The topological polar surface area (TPSA) is 47.0 Å². The van der Waals surface area contributed by atoms with Crippen LogP contribution in [-0.4, -0.2) is 16.7 Å². The standard InChI is InChI=1S/C15H17ClFN3O/c1-10(2)8-18-9-11-3-6-15(20-19-11)21-12-4-5-13(16)14(17)7-12/h3-7,10,18H,8-9H2,1-2H3. The van der Waals surface area contributed by atoms with Gasteiger partial charge in [0.15, 0.2) is 0 Å². The lowest BCUT2D eigenvalue weighted by atomic mass is 10.2. The zero-order chi connectivity index (χ0) is 15.2. The van der Waals surface area contributed by atoms with Gasteiger partial charge in [-0.3, -0.25) is 0 Å². The zero-order valence-electron chi connectivity index (χ0n) is 11.9. The van der Waals surface area contributed by atoms with Crippen molar-refractivity contribution < 1.29 is 9.13 Å². The van der Waals surface area contributed by atoms with Crippen LogP contribution < -0.4 is 10.1 Å². The van der Waals surface area contributed by atoms with Gasteiger partial charge in [-0.05, 0) is 30.7 Å². The molecule has 0 saturated carbocycles. The largest absolute Gasteiger partial charge is 0.437 e. The van der Waals surface area contributed by atoms with Gasteiger partial charge in [0.25, 0.3) is 0 Å². The summed E-state index contributed by atoms with van der Waals surface area (Å²) in [7, 11) is 0. The Balaban J connectivity index is 1.94. The van der Waals surface area contributed by atoms with E-state index in [9.17, 15) is 4.39 Å². The molecule has 6 heteroatoms. The average molecular weight is 310 g/mol. The molecule has 1 N–H and O–H groups in total. The highest BCUT2D eigenvalue weighted by Gasteiger charge is 2.05. The van der Waals surface area contributed by atoms with E-state index in [4.69, 9.17) is 16.3 Å². The van der Waals surface area contributed by atoms with Crippen molar-refractivity contribution in [2.24, 2.45) is 5.92 Å². The van der Waals surface area contributed by atoms with Gasteiger partial charge >= 0.3 is 0 Å². The van der Waals surface area contributed by atoms with E-state index in [1.807, 2.05) is 6.07 Å². The van der Waals surface area contributed by atoms with Crippen LogP contribution in [0.25, 0.3) is 0 Å². The summed E-state index contributed by atoms with van der Waals surface area (Å²) in [4.78, 5) is 0. The first-order chi connectivity index (χ1) is 10.0. The number of ether oxygens (including phenoxy) is 1. The molecule has 0 atom stereocenters. The summed E-state index contributed by atoms with van der Waals surface area (Å²) >= 11 is 5.61. The Kier molecular flexibility index (Phi) is 5.47. The Morgan fingerprint density at radius 2 is 2.05 bits per heavy atom. The van der Waals surface area contributed by atoms with E-state index in [1.165, 1.54) is 12.1 Å². The van der Waals surface area contributed by atoms with E-state index >= 15 is 0 Å². The minimum atomic E-state index is -0.531. The van der Waals surface area contributed by atoms with Crippen LogP contribution in [0.15, 0.2) is 30.3 Å². The highest BCUT2D eigenvalue weighted by atomic mass is 35.5. The van der Waals surface area contributed by atoms with Crippen LogP contribution in [0, 0.1) is 11.7 Å². The lowest BCUT2D eigenvalue weighted by Gasteiger charge is -2.07. The smallest absolute Gasteiger partial charge is 0.238 e. The molecule has 0 spiro atoms. The van der Waals surface area contributed by atoms with Gasteiger partial charge in [0.2, 0.25) is 5.88 Å². The van der Waals surface area contributed by atoms with Crippen molar-refractivity contribution in [1.29, 1.82) is 0 Å². The monoisotopic (exact) mass is 309 g/mol. The third-order valence-electron chi connectivity index (χ3n) is 2.67. The molecular formula is C15H17ClFN3O. The van der Waals surface area contributed by atoms with Crippen LogP contribution in [0.5, 0.6) is 11.6 Å². The molecular weight excluding hydrogens is 293 g/mol. The summed E-state index contributed by atoms with van der Waals surface area (Å²) < 4.78 is 18.7.